The highest BCUT2D eigenvalue weighted by Crippen LogP contribution is 2.20. The second kappa shape index (κ2) is 7.02. The van der Waals surface area contributed by atoms with E-state index in [0.717, 1.165) is 0 Å². The Kier molecular flexibility index (Phi) is 5.29. The number of nitro groups is 1. The van der Waals surface area contributed by atoms with Crippen LogP contribution in [-0.2, 0) is 10.0 Å². The maximum Gasteiger partial charge on any atom is 0.287 e. The van der Waals surface area contributed by atoms with Gasteiger partial charge < -0.3 is 5.32 Å². The zero-order valence-corrected chi connectivity index (χ0v) is 14.2. The predicted octanol–water partition coefficient (Wildman–Crippen LogP) is 2.09. The second-order valence-electron chi connectivity index (χ2n) is 4.80. The van der Waals surface area contributed by atoms with Crippen LogP contribution in [0.3, 0.4) is 0 Å². The Bertz CT molecular complexity index is 790. The van der Waals surface area contributed by atoms with E-state index in [1.807, 2.05) is 0 Å². The molecule has 0 aliphatic rings. The molecule has 0 fully saturated rings. The molecule has 8 nitrogen and oxygen atoms in total. The van der Waals surface area contributed by atoms with Crippen molar-refractivity contribution in [2.75, 3.05) is 25.5 Å². The van der Waals surface area contributed by atoms with Crippen LogP contribution in [0.15, 0.2) is 34.0 Å². The monoisotopic (exact) mass is 356 g/mol. The number of aromatic nitrogens is 1. The van der Waals surface area contributed by atoms with E-state index < -0.39 is 14.9 Å². The van der Waals surface area contributed by atoms with Crippen LogP contribution in [0.4, 0.5) is 11.5 Å². The number of hydrogen-bond donors (Lipinski definition) is 1. The summed E-state index contributed by atoms with van der Waals surface area (Å²) in [4.78, 5) is 14.1. The van der Waals surface area contributed by atoms with E-state index in [2.05, 4.69) is 10.3 Å². The van der Waals surface area contributed by atoms with Crippen molar-refractivity contribution in [1.29, 1.82) is 0 Å². The van der Waals surface area contributed by atoms with Gasteiger partial charge in [0.1, 0.15) is 16.2 Å². The lowest BCUT2D eigenvalue weighted by atomic mass is 10.2. The Labute approximate surface area is 138 Å². The predicted molar refractivity (Wildman–Crippen MR) is 88.3 cm³/mol. The van der Waals surface area contributed by atoms with Crippen molar-refractivity contribution in [2.24, 2.45) is 0 Å². The van der Waals surface area contributed by atoms with E-state index in [4.69, 9.17) is 0 Å². The van der Waals surface area contributed by atoms with Crippen LogP contribution in [0.2, 0.25) is 0 Å². The lowest BCUT2D eigenvalue weighted by Crippen LogP contribution is -2.31. The number of sulfonamides is 1. The van der Waals surface area contributed by atoms with Crippen LogP contribution < -0.4 is 5.32 Å². The summed E-state index contributed by atoms with van der Waals surface area (Å²) >= 11 is 1.17. The van der Waals surface area contributed by atoms with Gasteiger partial charge in [-0.05, 0) is 23.9 Å². The maximum absolute atomic E-state index is 12.2. The highest BCUT2D eigenvalue weighted by atomic mass is 32.2. The molecule has 0 bridgehead atoms. The van der Waals surface area contributed by atoms with E-state index >= 15 is 0 Å². The molecule has 0 aromatic carbocycles. The normalized spacial score (nSPS) is 11.6. The van der Waals surface area contributed by atoms with Crippen molar-refractivity contribution in [3.05, 3.63) is 45.5 Å². The van der Waals surface area contributed by atoms with Crippen molar-refractivity contribution in [2.45, 2.75) is 11.1 Å². The van der Waals surface area contributed by atoms with Crippen LogP contribution in [0.25, 0.3) is 0 Å². The van der Waals surface area contributed by atoms with Crippen molar-refractivity contribution in [3.8, 4) is 0 Å². The largest absolute Gasteiger partial charge is 0.369 e. The number of nitrogens with one attached hydrogen (secondary N) is 1. The molecule has 2 rings (SSSR count). The molecule has 0 radical (unpaired) electrons. The van der Waals surface area contributed by atoms with E-state index in [1.165, 1.54) is 35.0 Å². The molecule has 0 unspecified atom stereocenters. The fourth-order valence-electron chi connectivity index (χ4n) is 1.86. The molecule has 0 amide bonds. The molecular weight excluding hydrogens is 340 g/mol. The van der Waals surface area contributed by atoms with E-state index in [9.17, 15) is 18.5 Å². The smallest absolute Gasteiger partial charge is 0.287 e. The van der Waals surface area contributed by atoms with Crippen LogP contribution >= 0.6 is 11.3 Å². The van der Waals surface area contributed by atoms with Gasteiger partial charge in [-0.25, -0.2) is 13.4 Å². The van der Waals surface area contributed by atoms with Crippen molar-refractivity contribution in [1.82, 2.24) is 9.29 Å². The third-order valence-corrected chi connectivity index (χ3v) is 6.38. The lowest BCUT2D eigenvalue weighted by Gasteiger charge is -2.16. The molecule has 124 valence electrons. The SMILES string of the molecule is Cc1cc([N+](=O)[O-])cnc1NCCN(C)S(=O)(=O)c1cccs1. The minimum absolute atomic E-state index is 0.0783. The molecule has 0 aliphatic carbocycles. The standard InChI is InChI=1S/C13H16N4O4S2/c1-10-8-11(17(18)19)9-15-13(10)14-5-6-16(2)23(20,21)12-4-3-7-22-12/h3-4,7-9H,5-6H2,1-2H3,(H,14,15). The Morgan fingerprint density at radius 1 is 1.48 bits per heavy atom. The summed E-state index contributed by atoms with van der Waals surface area (Å²) < 4.78 is 26.0. The zero-order chi connectivity index (χ0) is 17.0. The molecule has 0 saturated heterocycles. The Morgan fingerprint density at radius 2 is 2.22 bits per heavy atom. The minimum Gasteiger partial charge on any atom is -0.369 e. The van der Waals surface area contributed by atoms with Gasteiger partial charge >= 0.3 is 0 Å². The Morgan fingerprint density at radius 3 is 2.78 bits per heavy atom. The third-order valence-electron chi connectivity index (χ3n) is 3.15. The molecule has 2 aromatic heterocycles. The van der Waals surface area contributed by atoms with Gasteiger partial charge in [-0.3, -0.25) is 10.1 Å². The Hall–Kier alpha value is -2.04. The molecular formula is C13H16N4O4S2. The third kappa shape index (κ3) is 4.03. The van der Waals surface area contributed by atoms with Gasteiger partial charge in [0.25, 0.3) is 15.7 Å². The number of rotatable bonds is 7. The minimum atomic E-state index is -3.48. The van der Waals surface area contributed by atoms with Gasteiger partial charge in [0, 0.05) is 26.2 Å². The van der Waals surface area contributed by atoms with Gasteiger partial charge in [-0.2, -0.15) is 4.31 Å². The Balaban J connectivity index is 1.96. The average molecular weight is 356 g/mol. The first-order chi connectivity index (χ1) is 10.8. The summed E-state index contributed by atoms with van der Waals surface area (Å²) in [5, 5.41) is 15.4. The number of aryl methyl sites for hydroxylation is 1. The highest BCUT2D eigenvalue weighted by molar-refractivity contribution is 7.91. The summed E-state index contributed by atoms with van der Waals surface area (Å²) in [5.74, 6) is 0.498. The van der Waals surface area contributed by atoms with Gasteiger partial charge in [-0.15, -0.1) is 11.3 Å². The number of thiophene rings is 1. The zero-order valence-electron chi connectivity index (χ0n) is 12.6. The second-order valence-corrected chi connectivity index (χ2v) is 8.02. The fraction of sp³-hybridized carbons (Fsp3) is 0.308. The first-order valence-corrected chi connectivity index (χ1v) is 8.99. The van der Waals surface area contributed by atoms with Gasteiger partial charge in [0.15, 0.2) is 0 Å². The van der Waals surface area contributed by atoms with Crippen LogP contribution in [0.5, 0.6) is 0 Å². The number of likely N-dealkylation sites (N-methyl/N-ethyl adjacent to an activating group) is 1. The summed E-state index contributed by atoms with van der Waals surface area (Å²) in [6.45, 7) is 2.29. The number of nitrogens with zero attached hydrogens (tertiary/aromatic N) is 3. The molecule has 0 spiro atoms. The molecule has 1 N–H and O–H groups in total. The highest BCUT2D eigenvalue weighted by Gasteiger charge is 2.21. The molecule has 0 aliphatic heterocycles. The number of anilines is 1. The summed E-state index contributed by atoms with van der Waals surface area (Å²) in [6.07, 6.45) is 1.17. The van der Waals surface area contributed by atoms with Gasteiger partial charge in [-0.1, -0.05) is 6.07 Å². The van der Waals surface area contributed by atoms with Gasteiger partial charge in [0.05, 0.1) is 4.92 Å². The van der Waals surface area contributed by atoms with E-state index in [0.29, 0.717) is 22.1 Å². The first kappa shape index (κ1) is 17.3. The molecule has 2 heterocycles. The molecule has 10 heteroatoms. The lowest BCUT2D eigenvalue weighted by molar-refractivity contribution is -0.385. The average Bonchev–Trinajstić information content (AvgIpc) is 3.03. The van der Waals surface area contributed by atoms with Crippen molar-refractivity contribution in [3.63, 3.8) is 0 Å². The summed E-state index contributed by atoms with van der Waals surface area (Å²) in [7, 11) is -1.97. The fourth-order valence-corrected chi connectivity index (χ4v) is 4.23. The molecule has 23 heavy (non-hydrogen) atoms. The molecule has 2 aromatic rings. The van der Waals surface area contributed by atoms with Crippen molar-refractivity contribution >= 4 is 32.9 Å². The molecule has 0 saturated carbocycles. The van der Waals surface area contributed by atoms with Crippen LogP contribution in [-0.4, -0.2) is 42.8 Å². The van der Waals surface area contributed by atoms with Gasteiger partial charge in [0.2, 0.25) is 0 Å². The van der Waals surface area contributed by atoms with E-state index in [-0.39, 0.29) is 12.2 Å². The summed E-state index contributed by atoms with van der Waals surface area (Å²) in [5.41, 5.74) is 0.549. The number of hydrogen-bond acceptors (Lipinski definition) is 7. The molecule has 0 atom stereocenters. The first-order valence-electron chi connectivity index (χ1n) is 6.67. The summed E-state index contributed by atoms with van der Waals surface area (Å²) in [6, 6.07) is 4.67. The van der Waals surface area contributed by atoms with Crippen LogP contribution in [0, 0.1) is 17.0 Å². The van der Waals surface area contributed by atoms with Crippen molar-refractivity contribution < 1.29 is 13.3 Å². The van der Waals surface area contributed by atoms with Crippen LogP contribution in [0.1, 0.15) is 5.56 Å². The quantitative estimate of drug-likeness (QED) is 0.601. The topological polar surface area (TPSA) is 105 Å². The maximum atomic E-state index is 12.2. The van der Waals surface area contributed by atoms with E-state index in [1.54, 1.807) is 24.4 Å². The number of pyridine rings is 1.